The molecule has 0 aliphatic carbocycles. The molecule has 0 aliphatic rings. The number of nitrogens with one attached hydrogen (secondary N) is 1. The maximum Gasteiger partial charge on any atom is 0.341 e. The van der Waals surface area contributed by atoms with Crippen molar-refractivity contribution in [1.82, 2.24) is 0 Å². The van der Waals surface area contributed by atoms with Crippen LogP contribution in [0.25, 0.3) is 0 Å². The number of anilines is 1. The molecule has 1 aromatic rings. The lowest BCUT2D eigenvalue weighted by Crippen LogP contribution is -2.06. The van der Waals surface area contributed by atoms with Gasteiger partial charge in [-0.2, -0.15) is 5.10 Å². The minimum absolute atomic E-state index is 0.111. The van der Waals surface area contributed by atoms with Crippen molar-refractivity contribution < 1.29 is 14.6 Å². The Kier molecular flexibility index (Phi) is 4.71. The fourth-order valence-electron chi connectivity index (χ4n) is 1.16. The highest BCUT2D eigenvalue weighted by atomic mass is 16.5. The predicted molar refractivity (Wildman–Crippen MR) is 71.0 cm³/mol. The molecule has 0 saturated heterocycles. The third-order valence-corrected chi connectivity index (χ3v) is 2.60. The summed E-state index contributed by atoms with van der Waals surface area (Å²) in [4.78, 5) is 11.4. The molecule has 0 heterocycles. The van der Waals surface area contributed by atoms with E-state index in [1.807, 2.05) is 20.8 Å². The van der Waals surface area contributed by atoms with Crippen molar-refractivity contribution in [3.05, 3.63) is 23.8 Å². The number of ether oxygens (including phenoxy) is 1. The van der Waals surface area contributed by atoms with Crippen LogP contribution in [0.3, 0.4) is 0 Å². The number of carbonyl (C=O) groups excluding carboxylic acids is 1. The predicted octanol–water partition coefficient (Wildman–Crippen LogP) is 2.62. The molecule has 0 bridgehead atoms. The van der Waals surface area contributed by atoms with E-state index >= 15 is 0 Å². The molecule has 98 valence electrons. The van der Waals surface area contributed by atoms with Crippen molar-refractivity contribution in [2.75, 3.05) is 12.5 Å². The van der Waals surface area contributed by atoms with E-state index in [9.17, 15) is 9.90 Å². The van der Waals surface area contributed by atoms with Crippen molar-refractivity contribution in [3.8, 4) is 5.75 Å². The molecule has 2 N–H and O–H groups in total. The Morgan fingerprint density at radius 2 is 2.11 bits per heavy atom. The second kappa shape index (κ2) is 6.05. The summed E-state index contributed by atoms with van der Waals surface area (Å²) in [5, 5.41) is 13.7. The average Bonchev–Trinajstić information content (AvgIpc) is 2.36. The van der Waals surface area contributed by atoms with Gasteiger partial charge in [0.05, 0.1) is 12.8 Å². The Bertz CT molecular complexity index is 467. The number of esters is 1. The smallest absolute Gasteiger partial charge is 0.341 e. The van der Waals surface area contributed by atoms with Crippen LogP contribution >= 0.6 is 0 Å². The Morgan fingerprint density at radius 3 is 2.67 bits per heavy atom. The third kappa shape index (κ3) is 3.48. The van der Waals surface area contributed by atoms with Crippen molar-refractivity contribution in [3.63, 3.8) is 0 Å². The molecule has 1 rings (SSSR count). The zero-order chi connectivity index (χ0) is 13.7. The zero-order valence-corrected chi connectivity index (χ0v) is 11.0. The van der Waals surface area contributed by atoms with Crippen LogP contribution in [0.5, 0.6) is 5.75 Å². The lowest BCUT2D eigenvalue weighted by atomic mass is 10.1. The summed E-state index contributed by atoms with van der Waals surface area (Å²) in [5.41, 5.74) is 4.52. The van der Waals surface area contributed by atoms with E-state index in [2.05, 4.69) is 15.3 Å². The van der Waals surface area contributed by atoms with Gasteiger partial charge in [-0.3, -0.25) is 5.43 Å². The first kappa shape index (κ1) is 14.0. The van der Waals surface area contributed by atoms with Crippen LogP contribution in [0.2, 0.25) is 0 Å². The molecule has 0 unspecified atom stereocenters. The number of hydrogen-bond acceptors (Lipinski definition) is 5. The molecule has 0 radical (unpaired) electrons. The Labute approximate surface area is 106 Å². The maximum atomic E-state index is 11.4. The number of aromatic hydroxyl groups is 1. The number of methoxy groups -OCH3 is 1. The van der Waals surface area contributed by atoms with E-state index in [-0.39, 0.29) is 11.3 Å². The summed E-state index contributed by atoms with van der Waals surface area (Å²) < 4.78 is 4.57. The first-order valence-corrected chi connectivity index (χ1v) is 5.67. The standard InChI is InChI=1S/C13H18N2O3/c1-8(2)9(3)14-15-10-5-6-12(16)11(7-10)13(17)18-4/h5-8,15-16H,1-4H3/b14-9-. The van der Waals surface area contributed by atoms with Crippen LogP contribution in [-0.4, -0.2) is 23.9 Å². The number of phenols is 1. The lowest BCUT2D eigenvalue weighted by Gasteiger charge is -2.08. The fourth-order valence-corrected chi connectivity index (χ4v) is 1.16. The van der Waals surface area contributed by atoms with E-state index < -0.39 is 5.97 Å². The second-order valence-corrected chi connectivity index (χ2v) is 4.24. The van der Waals surface area contributed by atoms with Gasteiger partial charge in [0.25, 0.3) is 0 Å². The highest BCUT2D eigenvalue weighted by Gasteiger charge is 2.11. The summed E-state index contributed by atoms with van der Waals surface area (Å²) in [7, 11) is 1.27. The van der Waals surface area contributed by atoms with E-state index in [1.54, 1.807) is 6.07 Å². The Hall–Kier alpha value is -2.04. The zero-order valence-electron chi connectivity index (χ0n) is 11.0. The van der Waals surface area contributed by atoms with Crippen molar-refractivity contribution in [2.24, 2.45) is 11.0 Å². The molecule has 18 heavy (non-hydrogen) atoms. The number of phenolic OH excluding ortho intramolecular Hbond substituents is 1. The van der Waals surface area contributed by atoms with Gasteiger partial charge in [0.1, 0.15) is 11.3 Å². The molecule has 5 nitrogen and oxygen atoms in total. The van der Waals surface area contributed by atoms with Crippen LogP contribution in [0.4, 0.5) is 5.69 Å². The van der Waals surface area contributed by atoms with E-state index in [1.165, 1.54) is 19.2 Å². The van der Waals surface area contributed by atoms with Gasteiger partial charge in [-0.25, -0.2) is 4.79 Å². The van der Waals surface area contributed by atoms with Crippen LogP contribution in [0.15, 0.2) is 23.3 Å². The monoisotopic (exact) mass is 250 g/mol. The van der Waals surface area contributed by atoms with Gasteiger partial charge in [0.15, 0.2) is 0 Å². The van der Waals surface area contributed by atoms with Crippen molar-refractivity contribution in [2.45, 2.75) is 20.8 Å². The molecule has 0 aliphatic heterocycles. The Balaban J connectivity index is 2.92. The second-order valence-electron chi connectivity index (χ2n) is 4.24. The first-order valence-electron chi connectivity index (χ1n) is 5.67. The van der Waals surface area contributed by atoms with E-state index in [0.29, 0.717) is 11.6 Å². The summed E-state index contributed by atoms with van der Waals surface area (Å²) >= 11 is 0. The normalized spacial score (nSPS) is 11.5. The number of hydrazone groups is 1. The summed E-state index contributed by atoms with van der Waals surface area (Å²) in [6, 6.07) is 4.56. The quantitative estimate of drug-likeness (QED) is 0.373. The maximum absolute atomic E-state index is 11.4. The molecule has 0 fully saturated rings. The summed E-state index contributed by atoms with van der Waals surface area (Å²) in [6.45, 7) is 5.99. The topological polar surface area (TPSA) is 70.9 Å². The van der Waals surface area contributed by atoms with E-state index in [4.69, 9.17) is 0 Å². The lowest BCUT2D eigenvalue weighted by molar-refractivity contribution is 0.0597. The van der Waals surface area contributed by atoms with Crippen molar-refractivity contribution in [1.29, 1.82) is 0 Å². The van der Waals surface area contributed by atoms with Crippen LogP contribution in [-0.2, 0) is 4.74 Å². The van der Waals surface area contributed by atoms with Gasteiger partial charge in [-0.05, 0) is 31.0 Å². The molecular weight excluding hydrogens is 232 g/mol. The minimum Gasteiger partial charge on any atom is -0.507 e. The number of hydrogen-bond donors (Lipinski definition) is 2. The van der Waals surface area contributed by atoms with Crippen LogP contribution in [0.1, 0.15) is 31.1 Å². The number of rotatable bonds is 4. The highest BCUT2D eigenvalue weighted by molar-refractivity contribution is 5.93. The number of benzene rings is 1. The molecule has 5 heteroatoms. The van der Waals surface area contributed by atoms with Gasteiger partial charge in [0, 0.05) is 5.71 Å². The molecule has 0 amide bonds. The molecule has 0 saturated carbocycles. The largest absolute Gasteiger partial charge is 0.507 e. The molecule has 0 atom stereocenters. The van der Waals surface area contributed by atoms with Gasteiger partial charge in [-0.1, -0.05) is 13.8 Å². The number of nitrogens with zero attached hydrogens (tertiary/aromatic N) is 1. The van der Waals surface area contributed by atoms with E-state index in [0.717, 1.165) is 5.71 Å². The first-order chi connectivity index (χ1) is 8.45. The molecular formula is C13H18N2O3. The van der Waals surface area contributed by atoms with Gasteiger partial charge in [0.2, 0.25) is 0 Å². The SMILES string of the molecule is COC(=O)c1cc(N/N=C(/C)C(C)C)ccc1O. The summed E-state index contributed by atoms with van der Waals surface area (Å²) in [6.07, 6.45) is 0. The highest BCUT2D eigenvalue weighted by Crippen LogP contribution is 2.22. The third-order valence-electron chi connectivity index (χ3n) is 2.60. The molecule has 0 aromatic heterocycles. The van der Waals surface area contributed by atoms with Crippen LogP contribution < -0.4 is 5.43 Å². The van der Waals surface area contributed by atoms with Crippen molar-refractivity contribution >= 4 is 17.4 Å². The fraction of sp³-hybridized carbons (Fsp3) is 0.385. The molecule has 1 aromatic carbocycles. The van der Waals surface area contributed by atoms with Gasteiger partial charge >= 0.3 is 5.97 Å². The van der Waals surface area contributed by atoms with Gasteiger partial charge < -0.3 is 9.84 Å². The Morgan fingerprint density at radius 1 is 1.44 bits per heavy atom. The molecule has 0 spiro atoms. The minimum atomic E-state index is -0.583. The van der Waals surface area contributed by atoms with Gasteiger partial charge in [-0.15, -0.1) is 0 Å². The van der Waals surface area contributed by atoms with Crippen LogP contribution in [0, 0.1) is 5.92 Å². The number of carbonyl (C=O) groups is 1. The summed E-state index contributed by atoms with van der Waals surface area (Å²) in [5.74, 6) is -0.354. The average molecular weight is 250 g/mol.